The first-order valence-corrected chi connectivity index (χ1v) is 6.29. The first-order valence-electron chi connectivity index (χ1n) is 6.29. The second kappa shape index (κ2) is 6.59. The molecule has 2 amide bonds. The highest BCUT2D eigenvalue weighted by molar-refractivity contribution is 5.85. The minimum atomic E-state index is -0.129. The van der Waals surface area contributed by atoms with Crippen molar-refractivity contribution in [3.05, 3.63) is 0 Å². The van der Waals surface area contributed by atoms with Crippen molar-refractivity contribution in [1.82, 2.24) is 16.0 Å². The normalized spacial score (nSPS) is 24.5. The van der Waals surface area contributed by atoms with Crippen molar-refractivity contribution < 1.29 is 9.59 Å². The number of hydrogen-bond donors (Lipinski definition) is 3. The van der Waals surface area contributed by atoms with Gasteiger partial charge in [0, 0.05) is 18.0 Å². The number of carbonyl (C=O) groups excluding carboxylic acids is 2. The van der Waals surface area contributed by atoms with Crippen molar-refractivity contribution in [2.24, 2.45) is 5.92 Å². The Morgan fingerprint density at radius 3 is 2.71 bits per heavy atom. The van der Waals surface area contributed by atoms with E-state index in [1.54, 1.807) is 0 Å². The van der Waals surface area contributed by atoms with Gasteiger partial charge in [0.2, 0.25) is 11.8 Å². The summed E-state index contributed by atoms with van der Waals surface area (Å²) in [6.07, 6.45) is 1.69. The van der Waals surface area contributed by atoms with E-state index in [0.717, 1.165) is 19.4 Å². The van der Waals surface area contributed by atoms with Crippen molar-refractivity contribution in [3.8, 4) is 0 Å². The maximum absolute atomic E-state index is 11.8. The van der Waals surface area contributed by atoms with Crippen LogP contribution in [0.4, 0.5) is 0 Å². The van der Waals surface area contributed by atoms with Crippen LogP contribution in [0.5, 0.6) is 0 Å². The van der Waals surface area contributed by atoms with Crippen molar-refractivity contribution >= 4 is 11.8 Å². The summed E-state index contributed by atoms with van der Waals surface area (Å²) >= 11 is 0. The van der Waals surface area contributed by atoms with Crippen molar-refractivity contribution in [1.29, 1.82) is 0 Å². The van der Waals surface area contributed by atoms with Gasteiger partial charge in [0.1, 0.15) is 0 Å². The third-order valence-corrected chi connectivity index (χ3v) is 2.87. The molecule has 17 heavy (non-hydrogen) atoms. The van der Waals surface area contributed by atoms with E-state index in [0.29, 0.717) is 6.04 Å². The van der Waals surface area contributed by atoms with Gasteiger partial charge in [0.15, 0.2) is 0 Å². The highest BCUT2D eigenvalue weighted by Crippen LogP contribution is 2.15. The van der Waals surface area contributed by atoms with Crippen molar-refractivity contribution in [3.63, 3.8) is 0 Å². The molecule has 0 aromatic rings. The summed E-state index contributed by atoms with van der Waals surface area (Å²) in [5.41, 5.74) is 0. The number of hydrogen-bond acceptors (Lipinski definition) is 3. The first kappa shape index (κ1) is 14.0. The number of piperidine rings is 1. The lowest BCUT2D eigenvalue weighted by Gasteiger charge is -2.27. The predicted octanol–water partition coefficient (Wildman–Crippen LogP) is 0.0153. The molecule has 0 aromatic heterocycles. The lowest BCUT2D eigenvalue weighted by molar-refractivity contribution is -0.129. The average molecular weight is 241 g/mol. The Bertz CT molecular complexity index is 279. The fourth-order valence-corrected chi connectivity index (χ4v) is 2.05. The smallest absolute Gasteiger partial charge is 0.239 e. The minimum Gasteiger partial charge on any atom is -0.352 e. The average Bonchev–Trinajstić information content (AvgIpc) is 2.25. The van der Waals surface area contributed by atoms with Crippen LogP contribution in [0.25, 0.3) is 0 Å². The molecule has 2 atom stereocenters. The van der Waals surface area contributed by atoms with Crippen LogP contribution in [0.2, 0.25) is 0 Å². The molecule has 2 unspecified atom stereocenters. The Hall–Kier alpha value is -1.10. The molecule has 1 aliphatic heterocycles. The zero-order chi connectivity index (χ0) is 12.8. The molecule has 0 aliphatic carbocycles. The Morgan fingerprint density at radius 1 is 1.41 bits per heavy atom. The summed E-state index contributed by atoms with van der Waals surface area (Å²) in [4.78, 5) is 23.2. The summed E-state index contributed by atoms with van der Waals surface area (Å²) in [7, 11) is 0. The van der Waals surface area contributed by atoms with Crippen LogP contribution in [0.1, 0.15) is 33.6 Å². The van der Waals surface area contributed by atoms with Gasteiger partial charge in [-0.3, -0.25) is 9.59 Å². The summed E-state index contributed by atoms with van der Waals surface area (Å²) in [6.45, 7) is 6.82. The molecule has 5 heteroatoms. The fourth-order valence-electron chi connectivity index (χ4n) is 2.05. The van der Waals surface area contributed by atoms with Gasteiger partial charge in [-0.2, -0.15) is 0 Å². The van der Waals surface area contributed by atoms with Crippen LogP contribution in [0.3, 0.4) is 0 Å². The molecule has 3 N–H and O–H groups in total. The summed E-state index contributed by atoms with van der Waals surface area (Å²) in [5.74, 6) is -0.0920. The van der Waals surface area contributed by atoms with Crippen LogP contribution < -0.4 is 16.0 Å². The number of carbonyl (C=O) groups is 2. The third kappa shape index (κ3) is 5.17. The third-order valence-electron chi connectivity index (χ3n) is 2.87. The number of rotatable bonds is 4. The van der Waals surface area contributed by atoms with Gasteiger partial charge in [-0.25, -0.2) is 0 Å². The molecule has 98 valence electrons. The van der Waals surface area contributed by atoms with E-state index in [4.69, 9.17) is 0 Å². The zero-order valence-corrected chi connectivity index (χ0v) is 10.9. The highest BCUT2D eigenvalue weighted by Gasteiger charge is 2.24. The van der Waals surface area contributed by atoms with Gasteiger partial charge < -0.3 is 16.0 Å². The Morgan fingerprint density at radius 2 is 2.12 bits per heavy atom. The zero-order valence-electron chi connectivity index (χ0n) is 10.9. The fraction of sp³-hybridized carbons (Fsp3) is 0.833. The highest BCUT2D eigenvalue weighted by atomic mass is 16.2. The molecule has 0 aromatic carbocycles. The van der Waals surface area contributed by atoms with Crippen LogP contribution in [0.15, 0.2) is 0 Å². The van der Waals surface area contributed by atoms with E-state index in [1.165, 1.54) is 0 Å². The monoisotopic (exact) mass is 241 g/mol. The van der Waals surface area contributed by atoms with E-state index in [2.05, 4.69) is 22.9 Å². The Kier molecular flexibility index (Phi) is 5.41. The van der Waals surface area contributed by atoms with Gasteiger partial charge in [-0.05, 0) is 40.2 Å². The van der Waals surface area contributed by atoms with Gasteiger partial charge >= 0.3 is 0 Å². The van der Waals surface area contributed by atoms with Crippen molar-refractivity contribution in [2.75, 3.05) is 13.1 Å². The summed E-state index contributed by atoms with van der Waals surface area (Å²) in [6, 6.07) is 0.488. The molecule has 1 heterocycles. The SMILES string of the molecule is CC(C)NC(=O)CNC(=O)C1CCNC(C)C1. The minimum absolute atomic E-state index is 0.00254. The van der Waals surface area contributed by atoms with E-state index >= 15 is 0 Å². The van der Waals surface area contributed by atoms with Crippen LogP contribution in [-0.2, 0) is 9.59 Å². The number of nitrogens with one attached hydrogen (secondary N) is 3. The molecule has 1 fully saturated rings. The largest absolute Gasteiger partial charge is 0.352 e. The van der Waals surface area contributed by atoms with Crippen LogP contribution in [0, 0.1) is 5.92 Å². The molecule has 5 nitrogen and oxygen atoms in total. The van der Waals surface area contributed by atoms with E-state index in [-0.39, 0.29) is 30.3 Å². The van der Waals surface area contributed by atoms with Gasteiger partial charge in [0.25, 0.3) is 0 Å². The predicted molar refractivity (Wildman–Crippen MR) is 66.5 cm³/mol. The van der Waals surface area contributed by atoms with E-state index in [1.807, 2.05) is 13.8 Å². The second-order valence-electron chi connectivity index (χ2n) is 5.02. The Balaban J connectivity index is 2.26. The molecular formula is C12H23N3O2. The lowest BCUT2D eigenvalue weighted by atomic mass is 9.92. The van der Waals surface area contributed by atoms with Gasteiger partial charge in [0.05, 0.1) is 6.54 Å². The molecule has 0 spiro atoms. The maximum atomic E-state index is 11.8. The molecule has 0 bridgehead atoms. The summed E-state index contributed by atoms with van der Waals surface area (Å²) < 4.78 is 0. The van der Waals surface area contributed by atoms with Crippen molar-refractivity contribution in [2.45, 2.75) is 45.7 Å². The van der Waals surface area contributed by atoms with Gasteiger partial charge in [-0.15, -0.1) is 0 Å². The van der Waals surface area contributed by atoms with Crippen LogP contribution >= 0.6 is 0 Å². The second-order valence-corrected chi connectivity index (χ2v) is 5.02. The summed E-state index contributed by atoms with van der Waals surface area (Å²) in [5, 5.41) is 8.74. The molecule has 0 saturated carbocycles. The quantitative estimate of drug-likeness (QED) is 0.649. The maximum Gasteiger partial charge on any atom is 0.239 e. The molecule has 1 saturated heterocycles. The first-order chi connectivity index (χ1) is 7.99. The molecule has 1 rings (SSSR count). The molecular weight excluding hydrogens is 218 g/mol. The lowest BCUT2D eigenvalue weighted by Crippen LogP contribution is -2.45. The Labute approximate surface area is 103 Å². The number of amides is 2. The van der Waals surface area contributed by atoms with E-state index < -0.39 is 0 Å². The van der Waals surface area contributed by atoms with Crippen LogP contribution in [-0.4, -0.2) is 37.0 Å². The molecule has 0 radical (unpaired) electrons. The van der Waals surface area contributed by atoms with Gasteiger partial charge in [-0.1, -0.05) is 0 Å². The van der Waals surface area contributed by atoms with E-state index in [9.17, 15) is 9.59 Å². The topological polar surface area (TPSA) is 70.2 Å². The standard InChI is InChI=1S/C12H23N3O2/c1-8(2)15-11(16)7-14-12(17)10-4-5-13-9(3)6-10/h8-10,13H,4-7H2,1-3H3,(H,14,17)(H,15,16). The molecule has 1 aliphatic rings.